The number of hydrogen-bond donors (Lipinski definition) is 1. The molecule has 11 nitrogen and oxygen atoms in total. The second-order valence-electron chi connectivity index (χ2n) is 11.7. The molecule has 226 valence electrons. The number of nitrogens with one attached hydrogen (secondary N) is 1. The van der Waals surface area contributed by atoms with Crippen LogP contribution in [0.5, 0.6) is 11.5 Å². The summed E-state index contributed by atoms with van der Waals surface area (Å²) in [7, 11) is 0. The van der Waals surface area contributed by atoms with Gasteiger partial charge in [-0.15, -0.1) is 10.2 Å². The van der Waals surface area contributed by atoms with Crippen LogP contribution in [0.4, 0.5) is 4.39 Å². The number of imidazole rings is 1. The molecule has 0 spiro atoms. The number of pyridine rings is 1. The predicted octanol–water partition coefficient (Wildman–Crippen LogP) is 5.22. The molecule has 2 aromatic carbocycles. The van der Waals surface area contributed by atoms with E-state index in [0.29, 0.717) is 40.1 Å². The minimum atomic E-state index is -1.27. The van der Waals surface area contributed by atoms with Crippen LogP contribution in [0, 0.1) is 5.82 Å². The molecule has 0 unspecified atom stereocenters. The first-order valence-corrected chi connectivity index (χ1v) is 15.2. The molecule has 0 amide bonds. The molecule has 5 aromatic rings. The molecule has 2 atom stereocenters. The van der Waals surface area contributed by atoms with E-state index in [1.54, 1.807) is 19.1 Å². The smallest absolute Gasteiger partial charge is 0.278 e. The summed E-state index contributed by atoms with van der Waals surface area (Å²) in [6.45, 7) is 5.79. The van der Waals surface area contributed by atoms with Crippen molar-refractivity contribution < 1.29 is 18.6 Å². The van der Waals surface area contributed by atoms with E-state index in [1.165, 1.54) is 6.07 Å². The van der Waals surface area contributed by atoms with E-state index in [0.717, 1.165) is 67.9 Å². The average Bonchev–Trinajstić information content (AvgIpc) is 3.72. The highest BCUT2D eigenvalue weighted by atomic mass is 35.5. The van der Waals surface area contributed by atoms with Crippen molar-refractivity contribution in [1.29, 1.82) is 0 Å². The van der Waals surface area contributed by atoms with Crippen LogP contribution in [0.15, 0.2) is 48.7 Å². The maximum absolute atomic E-state index is 14.8. The lowest BCUT2D eigenvalue weighted by atomic mass is 9.88. The molecule has 6 heterocycles. The van der Waals surface area contributed by atoms with Crippen molar-refractivity contribution in [2.75, 3.05) is 19.7 Å². The third-order valence-electron chi connectivity index (χ3n) is 8.89. The van der Waals surface area contributed by atoms with E-state index >= 15 is 0 Å². The zero-order chi connectivity index (χ0) is 29.8. The maximum atomic E-state index is 14.8. The van der Waals surface area contributed by atoms with Gasteiger partial charge in [-0.05, 0) is 73.8 Å². The largest absolute Gasteiger partial charge is 0.444 e. The molecule has 0 radical (unpaired) electrons. The van der Waals surface area contributed by atoms with Crippen LogP contribution >= 0.6 is 11.6 Å². The number of piperidine rings is 1. The molecule has 1 N–H and O–H groups in total. The van der Waals surface area contributed by atoms with Gasteiger partial charge in [-0.1, -0.05) is 23.7 Å². The Morgan fingerprint density at radius 2 is 1.98 bits per heavy atom. The van der Waals surface area contributed by atoms with Gasteiger partial charge in [0.15, 0.2) is 11.5 Å². The molecular formula is C31H30ClFN8O3. The SMILES string of the molecule is C[C@]1(c2ccc(Cl)cc2F)Oc2cccc(C3CCN(Cc4nc5cc(-c6nn[nH]n6)ncc5n4C[C@@H]4CCO4)CC3)c2O1. The van der Waals surface area contributed by atoms with Crippen LogP contribution in [0.1, 0.15) is 49.1 Å². The highest BCUT2D eigenvalue weighted by Gasteiger charge is 2.43. The van der Waals surface area contributed by atoms with Crippen LogP contribution in [-0.2, 0) is 23.6 Å². The quantitative estimate of drug-likeness (QED) is 0.263. The standard InChI is InChI=1S/C31H30ClFN8O3/c1-31(22-6-5-19(32)13-23(22)33)43-27-4-2-3-21(29(27)44-31)18-7-10-40(11-8-18)17-28-35-24-14-25(30-36-38-39-37-30)34-15-26(24)41(28)16-20-9-12-42-20/h2-6,13-15,18,20H,7-12,16-17H2,1H3,(H,36,37,38,39)/t20-,31-/m0/s1. The minimum Gasteiger partial charge on any atom is -0.444 e. The van der Waals surface area contributed by atoms with Crippen molar-refractivity contribution in [3.05, 3.63) is 76.5 Å². The third kappa shape index (κ3) is 4.86. The van der Waals surface area contributed by atoms with E-state index in [2.05, 4.69) is 41.1 Å². The van der Waals surface area contributed by atoms with Gasteiger partial charge >= 0.3 is 0 Å². The van der Waals surface area contributed by atoms with Crippen molar-refractivity contribution in [2.45, 2.75) is 57.1 Å². The number of H-pyrrole nitrogens is 1. The van der Waals surface area contributed by atoms with Gasteiger partial charge in [0.1, 0.15) is 17.3 Å². The Hall–Kier alpha value is -4.13. The van der Waals surface area contributed by atoms with Gasteiger partial charge in [-0.25, -0.2) is 9.37 Å². The van der Waals surface area contributed by atoms with E-state index in [-0.39, 0.29) is 12.0 Å². The predicted molar refractivity (Wildman–Crippen MR) is 159 cm³/mol. The molecule has 3 aliphatic rings. The number of benzene rings is 2. The molecule has 2 saturated heterocycles. The zero-order valence-electron chi connectivity index (χ0n) is 24.0. The summed E-state index contributed by atoms with van der Waals surface area (Å²) in [6, 6.07) is 12.4. The number of likely N-dealkylation sites (tertiary alicyclic amines) is 1. The molecule has 3 aliphatic heterocycles. The molecule has 2 fully saturated rings. The van der Waals surface area contributed by atoms with E-state index in [9.17, 15) is 4.39 Å². The van der Waals surface area contributed by atoms with Crippen molar-refractivity contribution >= 4 is 22.6 Å². The Labute approximate surface area is 257 Å². The first kappa shape index (κ1) is 27.4. The lowest BCUT2D eigenvalue weighted by molar-refractivity contribution is -0.0712. The molecule has 8 rings (SSSR count). The highest BCUT2D eigenvalue weighted by molar-refractivity contribution is 6.30. The summed E-state index contributed by atoms with van der Waals surface area (Å²) in [5.41, 5.74) is 3.85. The van der Waals surface area contributed by atoms with Crippen molar-refractivity contribution in [3.8, 4) is 23.0 Å². The van der Waals surface area contributed by atoms with Crippen molar-refractivity contribution in [1.82, 2.24) is 40.1 Å². The molecule has 3 aromatic heterocycles. The van der Waals surface area contributed by atoms with Crippen LogP contribution in [0.2, 0.25) is 5.02 Å². The Morgan fingerprint density at radius 3 is 2.73 bits per heavy atom. The fraction of sp³-hybridized carbons (Fsp3) is 0.387. The second kappa shape index (κ2) is 10.8. The first-order valence-electron chi connectivity index (χ1n) is 14.8. The van der Waals surface area contributed by atoms with Gasteiger partial charge in [0.2, 0.25) is 5.82 Å². The summed E-state index contributed by atoms with van der Waals surface area (Å²) in [5.74, 6) is 1.30. The normalized spacial score (nSPS) is 22.0. The monoisotopic (exact) mass is 616 g/mol. The number of ether oxygens (including phenoxy) is 3. The lowest BCUT2D eigenvalue weighted by Crippen LogP contribution is -2.35. The van der Waals surface area contributed by atoms with Gasteiger partial charge in [-0.2, -0.15) is 5.21 Å². The average molecular weight is 617 g/mol. The number of nitrogens with zero attached hydrogens (tertiary/aromatic N) is 7. The number of hydrogen-bond acceptors (Lipinski definition) is 9. The molecule has 0 saturated carbocycles. The molecule has 0 bridgehead atoms. The number of para-hydroxylation sites is 1. The Balaban J connectivity index is 0.999. The Kier molecular flexibility index (Phi) is 6.73. The summed E-state index contributed by atoms with van der Waals surface area (Å²) < 4.78 is 35.4. The molecule has 44 heavy (non-hydrogen) atoms. The Morgan fingerprint density at radius 1 is 1.11 bits per heavy atom. The van der Waals surface area contributed by atoms with Crippen LogP contribution in [0.25, 0.3) is 22.6 Å². The fourth-order valence-corrected chi connectivity index (χ4v) is 6.62. The van der Waals surface area contributed by atoms with Gasteiger partial charge in [-0.3, -0.25) is 9.88 Å². The third-order valence-corrected chi connectivity index (χ3v) is 9.13. The number of tetrazole rings is 1. The van der Waals surface area contributed by atoms with E-state index in [4.69, 9.17) is 30.8 Å². The minimum absolute atomic E-state index is 0.184. The number of fused-ring (bicyclic) bond motifs is 2. The van der Waals surface area contributed by atoms with Crippen LogP contribution < -0.4 is 9.47 Å². The van der Waals surface area contributed by atoms with Crippen LogP contribution in [-0.4, -0.2) is 65.9 Å². The van der Waals surface area contributed by atoms with Gasteiger partial charge in [0, 0.05) is 24.1 Å². The molecule has 0 aliphatic carbocycles. The van der Waals surface area contributed by atoms with Gasteiger partial charge in [0.05, 0.1) is 42.0 Å². The van der Waals surface area contributed by atoms with Crippen molar-refractivity contribution in [2.24, 2.45) is 0 Å². The summed E-state index contributed by atoms with van der Waals surface area (Å²) >= 11 is 5.99. The van der Waals surface area contributed by atoms with E-state index in [1.807, 2.05) is 24.4 Å². The number of aromatic nitrogens is 7. The number of rotatable bonds is 7. The topological polar surface area (TPSA) is 116 Å². The van der Waals surface area contributed by atoms with E-state index < -0.39 is 11.6 Å². The highest BCUT2D eigenvalue weighted by Crippen LogP contribution is 2.50. The molecular weight excluding hydrogens is 587 g/mol. The van der Waals surface area contributed by atoms with Crippen LogP contribution in [0.3, 0.4) is 0 Å². The molecule has 13 heteroatoms. The summed E-state index contributed by atoms with van der Waals surface area (Å²) in [4.78, 5) is 12.1. The number of halogens is 2. The summed E-state index contributed by atoms with van der Waals surface area (Å²) in [5, 5.41) is 14.6. The van der Waals surface area contributed by atoms with Crippen molar-refractivity contribution in [3.63, 3.8) is 0 Å². The van der Waals surface area contributed by atoms with Gasteiger partial charge < -0.3 is 18.8 Å². The lowest BCUT2D eigenvalue weighted by Gasteiger charge is -2.33. The zero-order valence-corrected chi connectivity index (χ0v) is 24.8. The first-order chi connectivity index (χ1) is 21.4. The summed E-state index contributed by atoms with van der Waals surface area (Å²) in [6.07, 6.45) is 4.95. The second-order valence-corrected chi connectivity index (χ2v) is 12.1. The maximum Gasteiger partial charge on any atom is 0.278 e. The fourth-order valence-electron chi connectivity index (χ4n) is 6.46. The van der Waals surface area contributed by atoms with Gasteiger partial charge in [0.25, 0.3) is 5.79 Å². The number of aromatic amines is 1. The Bertz CT molecular complexity index is 1840.